The van der Waals surface area contributed by atoms with Crippen LogP contribution in [-0.4, -0.2) is 16.8 Å². The molecule has 7 heteroatoms. The molecule has 0 aliphatic rings. The van der Waals surface area contributed by atoms with Crippen LogP contribution in [0, 0.1) is 0 Å². The number of amides is 2. The number of aromatic nitrogens is 1. The van der Waals surface area contributed by atoms with Gasteiger partial charge in [0.05, 0.1) is 16.8 Å². The summed E-state index contributed by atoms with van der Waals surface area (Å²) in [6.45, 7) is 0.268. The first-order valence-corrected chi connectivity index (χ1v) is 8.49. The van der Waals surface area contributed by atoms with Crippen molar-refractivity contribution in [1.29, 1.82) is 0 Å². The molecule has 2 aromatic heterocycles. The Morgan fingerprint density at radius 1 is 1.11 bits per heavy atom. The number of benzene rings is 1. The molecule has 136 valence electrons. The third-order valence-electron chi connectivity index (χ3n) is 3.62. The number of carbonyl (C=O) groups excluding carboxylic acids is 2. The summed E-state index contributed by atoms with van der Waals surface area (Å²) in [6.07, 6.45) is 6.23. The van der Waals surface area contributed by atoms with Gasteiger partial charge in [0.2, 0.25) is 0 Å². The molecule has 0 fully saturated rings. The minimum atomic E-state index is -0.491. The van der Waals surface area contributed by atoms with Gasteiger partial charge in [0.15, 0.2) is 0 Å². The lowest BCUT2D eigenvalue weighted by molar-refractivity contribution is -0.117. The zero-order valence-electron chi connectivity index (χ0n) is 14.2. The van der Waals surface area contributed by atoms with Crippen molar-refractivity contribution in [3.8, 4) is 0 Å². The largest absolute Gasteiger partial charge is 0.465 e. The Bertz CT molecular complexity index is 954. The molecule has 27 heavy (non-hydrogen) atoms. The maximum atomic E-state index is 12.6. The van der Waals surface area contributed by atoms with Gasteiger partial charge in [0.1, 0.15) is 11.5 Å². The maximum Gasteiger partial charge on any atom is 0.268 e. The van der Waals surface area contributed by atoms with Gasteiger partial charge in [-0.3, -0.25) is 14.6 Å². The van der Waals surface area contributed by atoms with Gasteiger partial charge >= 0.3 is 0 Å². The van der Waals surface area contributed by atoms with Crippen LogP contribution < -0.4 is 10.6 Å². The second-order valence-corrected chi connectivity index (χ2v) is 5.96. The Hall–Kier alpha value is -3.38. The van der Waals surface area contributed by atoms with Gasteiger partial charge in [-0.15, -0.1) is 0 Å². The summed E-state index contributed by atoms with van der Waals surface area (Å²) < 4.78 is 5.24. The second kappa shape index (κ2) is 8.82. The van der Waals surface area contributed by atoms with Crippen molar-refractivity contribution < 1.29 is 14.0 Å². The van der Waals surface area contributed by atoms with Crippen LogP contribution in [0.15, 0.2) is 77.3 Å². The van der Waals surface area contributed by atoms with E-state index in [0.29, 0.717) is 10.8 Å². The quantitative estimate of drug-likeness (QED) is 0.641. The number of hydrogen-bond donors (Lipinski definition) is 2. The molecule has 0 atom stereocenters. The first-order chi connectivity index (χ1) is 13.1. The number of rotatable bonds is 6. The molecule has 3 rings (SSSR count). The smallest absolute Gasteiger partial charge is 0.268 e. The minimum absolute atomic E-state index is 0.0405. The van der Waals surface area contributed by atoms with Gasteiger partial charge in [0, 0.05) is 25.0 Å². The van der Waals surface area contributed by atoms with Gasteiger partial charge in [-0.25, -0.2) is 0 Å². The monoisotopic (exact) mass is 381 g/mol. The number of halogens is 1. The zero-order chi connectivity index (χ0) is 19.1. The Kier molecular flexibility index (Phi) is 6.02. The van der Waals surface area contributed by atoms with Crippen molar-refractivity contribution in [1.82, 2.24) is 15.6 Å². The van der Waals surface area contributed by atoms with Crippen molar-refractivity contribution in [2.45, 2.75) is 6.54 Å². The van der Waals surface area contributed by atoms with E-state index in [2.05, 4.69) is 15.6 Å². The third kappa shape index (κ3) is 5.05. The first kappa shape index (κ1) is 18.4. The molecule has 0 bridgehead atoms. The highest BCUT2D eigenvalue weighted by Crippen LogP contribution is 2.15. The first-order valence-electron chi connectivity index (χ1n) is 8.11. The van der Waals surface area contributed by atoms with Crippen LogP contribution in [-0.2, 0) is 11.3 Å². The minimum Gasteiger partial charge on any atom is -0.465 e. The highest BCUT2D eigenvalue weighted by molar-refractivity contribution is 6.34. The summed E-state index contributed by atoms with van der Waals surface area (Å²) in [4.78, 5) is 29.1. The third-order valence-corrected chi connectivity index (χ3v) is 3.95. The lowest BCUT2D eigenvalue weighted by Crippen LogP contribution is -2.34. The van der Waals surface area contributed by atoms with Gasteiger partial charge < -0.3 is 15.1 Å². The summed E-state index contributed by atoms with van der Waals surface area (Å²) in [5.41, 5.74) is 1.14. The summed E-state index contributed by atoms with van der Waals surface area (Å²) in [6, 6.07) is 13.6. The second-order valence-electron chi connectivity index (χ2n) is 5.55. The predicted octanol–water partition coefficient (Wildman–Crippen LogP) is 3.42. The van der Waals surface area contributed by atoms with E-state index in [1.807, 2.05) is 6.07 Å². The molecule has 0 saturated carbocycles. The van der Waals surface area contributed by atoms with Crippen LogP contribution in [0.2, 0.25) is 5.02 Å². The molecule has 0 aliphatic carbocycles. The number of hydrogen-bond acceptors (Lipinski definition) is 4. The van der Waals surface area contributed by atoms with Crippen LogP contribution in [0.25, 0.3) is 6.08 Å². The fraction of sp³-hybridized carbons (Fsp3) is 0.0500. The Morgan fingerprint density at radius 2 is 1.96 bits per heavy atom. The number of nitrogens with zero attached hydrogens (tertiary/aromatic N) is 1. The summed E-state index contributed by atoms with van der Waals surface area (Å²) in [7, 11) is 0. The van der Waals surface area contributed by atoms with E-state index < -0.39 is 11.8 Å². The van der Waals surface area contributed by atoms with E-state index in [1.54, 1.807) is 54.9 Å². The van der Waals surface area contributed by atoms with Crippen molar-refractivity contribution in [3.05, 3.63) is 94.8 Å². The average molecular weight is 382 g/mol. The molecular weight excluding hydrogens is 366 g/mol. The van der Waals surface area contributed by atoms with Crippen LogP contribution >= 0.6 is 11.6 Å². The van der Waals surface area contributed by atoms with Crippen molar-refractivity contribution in [3.63, 3.8) is 0 Å². The lowest BCUT2D eigenvalue weighted by Gasteiger charge is -2.11. The molecule has 6 nitrogen and oxygen atoms in total. The zero-order valence-corrected chi connectivity index (χ0v) is 14.9. The van der Waals surface area contributed by atoms with E-state index in [-0.39, 0.29) is 17.8 Å². The molecule has 1 aromatic carbocycles. The molecule has 2 heterocycles. The molecule has 0 radical (unpaired) electrons. The van der Waals surface area contributed by atoms with Crippen LogP contribution in [0.1, 0.15) is 21.7 Å². The number of pyridine rings is 1. The standard InChI is InChI=1S/C20H16ClN3O3/c21-17-8-2-1-7-16(17)19(25)24-18(11-15-6-4-10-27-15)20(26)23-13-14-5-3-9-22-12-14/h1-12H,13H2,(H,23,26)(H,24,25). The topological polar surface area (TPSA) is 84.2 Å². The summed E-state index contributed by atoms with van der Waals surface area (Å²) >= 11 is 6.06. The summed E-state index contributed by atoms with van der Waals surface area (Å²) in [5.74, 6) is -0.522. The van der Waals surface area contributed by atoms with E-state index in [4.69, 9.17) is 16.0 Å². The van der Waals surface area contributed by atoms with E-state index in [0.717, 1.165) is 5.56 Å². The van der Waals surface area contributed by atoms with Gasteiger partial charge in [-0.05, 0) is 35.9 Å². The molecular formula is C20H16ClN3O3. The lowest BCUT2D eigenvalue weighted by atomic mass is 10.2. The molecule has 3 aromatic rings. The fourth-order valence-corrected chi connectivity index (χ4v) is 2.51. The highest BCUT2D eigenvalue weighted by Gasteiger charge is 2.17. The molecule has 0 spiro atoms. The number of carbonyl (C=O) groups is 2. The van der Waals surface area contributed by atoms with Crippen LogP contribution in [0.3, 0.4) is 0 Å². The fourth-order valence-electron chi connectivity index (χ4n) is 2.29. The van der Waals surface area contributed by atoms with Crippen molar-refractivity contribution in [2.75, 3.05) is 0 Å². The molecule has 2 N–H and O–H groups in total. The van der Waals surface area contributed by atoms with Crippen molar-refractivity contribution >= 4 is 29.5 Å². The van der Waals surface area contributed by atoms with Crippen LogP contribution in [0.5, 0.6) is 0 Å². The molecule has 0 unspecified atom stereocenters. The average Bonchev–Trinajstić information content (AvgIpc) is 3.20. The Balaban J connectivity index is 1.78. The molecule has 0 aliphatic heterocycles. The molecule has 2 amide bonds. The van der Waals surface area contributed by atoms with Crippen LogP contribution in [0.4, 0.5) is 0 Å². The van der Waals surface area contributed by atoms with E-state index in [9.17, 15) is 9.59 Å². The van der Waals surface area contributed by atoms with Gasteiger partial charge in [0.25, 0.3) is 11.8 Å². The van der Waals surface area contributed by atoms with Gasteiger partial charge in [-0.2, -0.15) is 0 Å². The summed E-state index contributed by atoms with van der Waals surface area (Å²) in [5, 5.41) is 5.64. The van der Waals surface area contributed by atoms with E-state index in [1.165, 1.54) is 12.3 Å². The van der Waals surface area contributed by atoms with Gasteiger partial charge in [-0.1, -0.05) is 29.8 Å². The normalized spacial score (nSPS) is 11.1. The maximum absolute atomic E-state index is 12.6. The molecule has 0 saturated heterocycles. The Morgan fingerprint density at radius 3 is 2.67 bits per heavy atom. The SMILES string of the molecule is O=C(NCc1cccnc1)C(=Cc1ccco1)NC(=O)c1ccccc1Cl. The predicted molar refractivity (Wildman–Crippen MR) is 102 cm³/mol. The number of nitrogens with one attached hydrogen (secondary N) is 2. The number of furan rings is 1. The van der Waals surface area contributed by atoms with E-state index >= 15 is 0 Å². The van der Waals surface area contributed by atoms with Crippen molar-refractivity contribution in [2.24, 2.45) is 0 Å². The highest BCUT2D eigenvalue weighted by atomic mass is 35.5. The Labute approximate surface area is 160 Å².